The predicted molar refractivity (Wildman–Crippen MR) is 379 cm³/mol. The SMILES string of the molecule is CCCCCCCCCCCCC/C=C/[C@@H](O)[C@H](CO[C@@H]1O[C@H](CO)[C@@H](O[C@@H]2O[C@H](CO)[C@H](O)[C@H](O[C@@H]3O[C@H](COS(=O)(=O)O)[C@@H](O[C@@H]4O[C@H](CO)[C@H](O)[C@H](O[C@]5(C(=O)O)C[C@H](O)[C@@H](N)[C@H]([C@H](O)[C@H](O)CO)O5)[C@H]4O)[C@H](O)[C@H]3NC(C)=O)[C@H]2O)[C@H](O)[C@H]1O)NC(=O)CCCCCCCCCCCCCCCCC. The number of carbonyl (C=O) groups excluding carboxylic acids is 2. The number of carboxylic acid groups (broad SMARTS) is 1. The summed E-state index contributed by atoms with van der Waals surface area (Å²) in [5.74, 6) is -6.62. The molecule has 0 aliphatic carbocycles. The third-order valence-corrected chi connectivity index (χ3v) is 20.9. The minimum atomic E-state index is -5.46. The molecular formula is C71H129N3O33S. The van der Waals surface area contributed by atoms with E-state index >= 15 is 0 Å². The van der Waals surface area contributed by atoms with E-state index in [4.69, 9.17) is 53.1 Å². The van der Waals surface area contributed by atoms with Crippen molar-refractivity contribution in [2.75, 3.05) is 39.6 Å². The Morgan fingerprint density at radius 3 is 1.50 bits per heavy atom. The van der Waals surface area contributed by atoms with Crippen LogP contribution in [0.25, 0.3) is 0 Å². The van der Waals surface area contributed by atoms with Gasteiger partial charge in [0.1, 0.15) is 116 Å². The van der Waals surface area contributed by atoms with Gasteiger partial charge in [-0.3, -0.25) is 14.1 Å². The fourth-order valence-corrected chi connectivity index (χ4v) is 14.4. The van der Waals surface area contributed by atoms with Crippen LogP contribution in [-0.4, -0.2) is 323 Å². The lowest BCUT2D eigenvalue weighted by Crippen LogP contribution is -2.71. The maximum Gasteiger partial charge on any atom is 0.397 e. The van der Waals surface area contributed by atoms with Crippen molar-refractivity contribution in [3.05, 3.63) is 12.2 Å². The molecule has 5 rings (SSSR count). The molecule has 0 unspecified atom stereocenters. The summed E-state index contributed by atoms with van der Waals surface area (Å²) in [6.45, 7) is -0.887. The Bertz CT molecular complexity index is 2650. The highest BCUT2D eigenvalue weighted by Crippen LogP contribution is 2.40. The van der Waals surface area contributed by atoms with Crippen LogP contribution < -0.4 is 16.4 Å². The smallest absolute Gasteiger partial charge is 0.397 e. The van der Waals surface area contributed by atoms with Crippen molar-refractivity contribution in [3.8, 4) is 0 Å². The van der Waals surface area contributed by atoms with E-state index in [9.17, 15) is 109 Å². The minimum Gasteiger partial charge on any atom is -0.477 e. The van der Waals surface area contributed by atoms with E-state index in [0.29, 0.717) is 12.8 Å². The first-order valence-electron chi connectivity index (χ1n) is 38.8. The van der Waals surface area contributed by atoms with Crippen molar-refractivity contribution in [1.29, 1.82) is 0 Å². The van der Waals surface area contributed by atoms with E-state index in [2.05, 4.69) is 28.7 Å². The molecule has 632 valence electrons. The van der Waals surface area contributed by atoms with Crippen molar-refractivity contribution in [1.82, 2.24) is 10.6 Å². The summed E-state index contributed by atoms with van der Waals surface area (Å²) in [5, 5.41) is 182. The average molecular weight is 1580 g/mol. The molecule has 2 amide bonds. The third kappa shape index (κ3) is 30.0. The highest BCUT2D eigenvalue weighted by Gasteiger charge is 2.61. The molecule has 37 heteroatoms. The topological polar surface area (TPSA) is 581 Å². The Morgan fingerprint density at radius 1 is 0.565 bits per heavy atom. The zero-order chi connectivity index (χ0) is 79.7. The Kier molecular flexibility index (Phi) is 44.0. The van der Waals surface area contributed by atoms with E-state index in [1.165, 1.54) is 109 Å². The molecule has 0 aromatic carbocycles. The summed E-state index contributed by atoms with van der Waals surface area (Å²) in [7, 11) is -5.46. The standard InChI is InChI=1S/C71H129N3O33S/c1-4-6-8-10-12-14-16-18-19-21-23-25-27-29-31-33-50(83)74-42(43(80)32-30-28-26-24-22-20-17-15-13-11-9-7-5-2)39-97-67-58(89)57(88)61(48(38-78)101-67)103-68-59(90)64(54(85)46(36-76)99-68)105-66-52(73-41(3)79)56(87)62(49(102-66)40-98-108(94,95)96)104-69-60(91)65(55(86)47(37-77)100-69)107-71(70(92)93)34-44(81)51(72)63(106-71)53(84)45(82)35-75/h30,32,42-49,51-69,75-78,80-82,84-91H,4-29,31,33-40,72H2,1-3H3,(H,73,79)(H,74,83)(H,92,93)(H,94,95,96)/b32-30+/t42-,43+,44-,45+,46+,47+,48+,49+,51+,52+,53+,54-,55-,56+,57+,58+,59+,60+,61+,62+,63+,64-,65-,66-,67+,68-,69-,71-/m0/s1. The van der Waals surface area contributed by atoms with Crippen LogP contribution in [0.5, 0.6) is 0 Å². The molecule has 5 fully saturated rings. The summed E-state index contributed by atoms with van der Waals surface area (Å²) in [6.07, 6.45) is -16.9. The second-order valence-electron chi connectivity index (χ2n) is 29.2. The number of allylic oxidation sites excluding steroid dienone is 1. The lowest BCUT2D eigenvalue weighted by Gasteiger charge is -2.51. The van der Waals surface area contributed by atoms with Crippen LogP contribution in [0.2, 0.25) is 0 Å². The molecule has 5 saturated heterocycles. The van der Waals surface area contributed by atoms with Gasteiger partial charge in [0.15, 0.2) is 25.2 Å². The van der Waals surface area contributed by atoms with Gasteiger partial charge in [0, 0.05) is 19.8 Å². The van der Waals surface area contributed by atoms with Crippen LogP contribution in [0, 0.1) is 0 Å². The van der Waals surface area contributed by atoms with Crippen LogP contribution in [0.4, 0.5) is 0 Å². The Morgan fingerprint density at radius 2 is 1.02 bits per heavy atom. The summed E-state index contributed by atoms with van der Waals surface area (Å²) in [6, 6.07) is -4.78. The van der Waals surface area contributed by atoms with Gasteiger partial charge in [-0.15, -0.1) is 0 Å². The Balaban J connectivity index is 1.29. The van der Waals surface area contributed by atoms with Gasteiger partial charge in [0.05, 0.1) is 63.9 Å². The van der Waals surface area contributed by atoms with Gasteiger partial charge < -0.3 is 145 Å². The first-order valence-corrected chi connectivity index (χ1v) is 40.2. The number of nitrogens with two attached hydrogens (primary N) is 1. The van der Waals surface area contributed by atoms with Gasteiger partial charge in [-0.05, 0) is 19.3 Å². The minimum absolute atomic E-state index is 0.154. The van der Waals surface area contributed by atoms with E-state index in [1.54, 1.807) is 6.08 Å². The van der Waals surface area contributed by atoms with E-state index in [0.717, 1.165) is 58.3 Å². The number of carboxylic acids is 1. The lowest BCUT2D eigenvalue weighted by atomic mass is 9.88. The summed E-state index contributed by atoms with van der Waals surface area (Å²) >= 11 is 0. The van der Waals surface area contributed by atoms with Crippen molar-refractivity contribution in [2.24, 2.45) is 5.73 Å². The van der Waals surface area contributed by atoms with Crippen molar-refractivity contribution >= 4 is 28.2 Å². The summed E-state index contributed by atoms with van der Waals surface area (Å²) in [4.78, 5) is 39.5. The second-order valence-corrected chi connectivity index (χ2v) is 30.2. The largest absolute Gasteiger partial charge is 0.477 e. The maximum absolute atomic E-state index is 13.5. The third-order valence-electron chi connectivity index (χ3n) is 20.5. The average Bonchev–Trinajstić information content (AvgIpc) is 0.759. The number of rotatable bonds is 53. The number of hydrogen-bond acceptors (Lipinski definition) is 32. The molecule has 36 nitrogen and oxygen atoms in total. The van der Waals surface area contributed by atoms with Gasteiger partial charge in [-0.1, -0.05) is 180 Å². The zero-order valence-electron chi connectivity index (χ0n) is 62.6. The number of hydrogen-bond donors (Lipinski definition) is 20. The predicted octanol–water partition coefficient (Wildman–Crippen LogP) is -1.39. The summed E-state index contributed by atoms with van der Waals surface area (Å²) < 4.78 is 96.9. The maximum atomic E-state index is 13.5. The van der Waals surface area contributed by atoms with Crippen LogP contribution in [-0.2, 0) is 76.3 Å². The van der Waals surface area contributed by atoms with Crippen LogP contribution in [0.15, 0.2) is 12.2 Å². The normalized spacial score (nSPS) is 34.6. The number of aliphatic carboxylic acids is 1. The molecule has 21 N–H and O–H groups in total. The molecular weight excluding hydrogens is 1450 g/mol. The van der Waals surface area contributed by atoms with Gasteiger partial charge in [0.2, 0.25) is 11.8 Å². The number of carbonyl (C=O) groups is 3. The number of aliphatic hydroxyl groups excluding tert-OH is 15. The lowest BCUT2D eigenvalue weighted by molar-refractivity contribution is -0.390. The zero-order valence-corrected chi connectivity index (χ0v) is 63.4. The van der Waals surface area contributed by atoms with E-state index < -0.39 is 239 Å². The van der Waals surface area contributed by atoms with Crippen LogP contribution in [0.3, 0.4) is 0 Å². The van der Waals surface area contributed by atoms with Gasteiger partial charge in [-0.2, -0.15) is 8.42 Å². The Hall–Kier alpha value is -3.02. The van der Waals surface area contributed by atoms with Crippen molar-refractivity contribution in [3.63, 3.8) is 0 Å². The molecule has 0 spiro atoms. The monoisotopic (exact) mass is 1580 g/mol. The molecule has 108 heavy (non-hydrogen) atoms. The highest BCUT2D eigenvalue weighted by molar-refractivity contribution is 7.80. The fraction of sp³-hybridized carbons (Fsp3) is 0.930. The number of amides is 2. The second kappa shape index (κ2) is 49.7. The van der Waals surface area contributed by atoms with Gasteiger partial charge in [-0.25, -0.2) is 8.98 Å². The Labute approximate surface area is 632 Å². The first kappa shape index (κ1) is 95.6. The fourth-order valence-electron chi connectivity index (χ4n) is 14.1. The molecule has 0 aromatic heterocycles. The number of ether oxygens (including phenoxy) is 10. The molecule has 5 aliphatic rings. The number of unbranched alkanes of at least 4 members (excludes halogenated alkanes) is 25. The highest BCUT2D eigenvalue weighted by atomic mass is 32.3. The molecule has 0 saturated carbocycles. The van der Waals surface area contributed by atoms with E-state index in [-0.39, 0.29) is 12.3 Å². The first-order chi connectivity index (χ1) is 51.5. The summed E-state index contributed by atoms with van der Waals surface area (Å²) in [5.41, 5.74) is 5.98. The van der Waals surface area contributed by atoms with Crippen molar-refractivity contribution < 1.29 is 161 Å². The molecule has 0 aromatic rings. The molecule has 0 radical (unpaired) electrons. The van der Waals surface area contributed by atoms with Gasteiger partial charge in [0.25, 0.3) is 5.79 Å². The molecule has 28 atom stereocenters. The van der Waals surface area contributed by atoms with E-state index in [1.807, 2.05) is 6.08 Å². The molecule has 5 aliphatic heterocycles. The van der Waals surface area contributed by atoms with Crippen LogP contribution in [0.1, 0.15) is 207 Å². The van der Waals surface area contributed by atoms with Gasteiger partial charge >= 0.3 is 16.4 Å². The van der Waals surface area contributed by atoms with Crippen LogP contribution >= 0.6 is 0 Å². The van der Waals surface area contributed by atoms with Crippen molar-refractivity contribution in [2.45, 2.75) is 378 Å². The number of nitrogens with one attached hydrogen (secondary N) is 2. The number of aliphatic hydroxyl groups is 15. The quantitative estimate of drug-likeness (QED) is 0.0189. The molecule has 0 bridgehead atoms. The molecule has 5 heterocycles.